The average Bonchev–Trinajstić information content (AvgIpc) is 2.44. The van der Waals surface area contributed by atoms with Crippen molar-refractivity contribution >= 4 is 11.6 Å². The van der Waals surface area contributed by atoms with Gasteiger partial charge in [0, 0.05) is 25.2 Å². The Hall–Kier alpha value is -1.51. The van der Waals surface area contributed by atoms with Gasteiger partial charge in [0.15, 0.2) is 0 Å². The Bertz CT molecular complexity index is 402. The lowest BCUT2D eigenvalue weighted by molar-refractivity contribution is -0.120. The molecule has 0 saturated heterocycles. The molecule has 3 nitrogen and oxygen atoms in total. The van der Waals surface area contributed by atoms with Crippen LogP contribution < -0.4 is 10.6 Å². The standard InChI is InChI=1S/C17H28N2O/c1-4-5-8-12-19-17(20)11-13-18-16-10-7-6-9-15(16)14(2)3/h6-7,9-10,14,18H,4-5,8,11-13H2,1-3H3,(H,19,20). The summed E-state index contributed by atoms with van der Waals surface area (Å²) in [6, 6.07) is 8.30. The topological polar surface area (TPSA) is 41.1 Å². The highest BCUT2D eigenvalue weighted by atomic mass is 16.1. The highest BCUT2D eigenvalue weighted by Gasteiger charge is 2.06. The number of hydrogen-bond donors (Lipinski definition) is 2. The minimum absolute atomic E-state index is 0.135. The number of rotatable bonds is 9. The summed E-state index contributed by atoms with van der Waals surface area (Å²) in [5.41, 5.74) is 2.44. The number of amides is 1. The Morgan fingerprint density at radius 1 is 1.15 bits per heavy atom. The van der Waals surface area contributed by atoms with Gasteiger partial charge >= 0.3 is 0 Å². The van der Waals surface area contributed by atoms with Crippen LogP contribution in [-0.2, 0) is 4.79 Å². The molecule has 0 spiro atoms. The number of unbranched alkanes of at least 4 members (excludes halogenated alkanes) is 2. The molecule has 0 aliphatic heterocycles. The van der Waals surface area contributed by atoms with Crippen LogP contribution in [0.2, 0.25) is 0 Å². The Balaban J connectivity index is 2.28. The van der Waals surface area contributed by atoms with Gasteiger partial charge in [-0.3, -0.25) is 4.79 Å². The van der Waals surface area contributed by atoms with Crippen LogP contribution in [0.4, 0.5) is 5.69 Å². The molecule has 112 valence electrons. The lowest BCUT2D eigenvalue weighted by Crippen LogP contribution is -2.26. The minimum Gasteiger partial charge on any atom is -0.384 e. The second-order valence-corrected chi connectivity index (χ2v) is 5.48. The van der Waals surface area contributed by atoms with E-state index in [4.69, 9.17) is 0 Å². The van der Waals surface area contributed by atoms with Crippen LogP contribution in [0.3, 0.4) is 0 Å². The first-order valence-corrected chi connectivity index (χ1v) is 7.74. The van der Waals surface area contributed by atoms with Gasteiger partial charge in [-0.1, -0.05) is 51.8 Å². The van der Waals surface area contributed by atoms with Crippen molar-refractivity contribution < 1.29 is 4.79 Å². The van der Waals surface area contributed by atoms with Crippen LogP contribution >= 0.6 is 0 Å². The van der Waals surface area contributed by atoms with Crippen molar-refractivity contribution in [2.45, 2.75) is 52.4 Å². The van der Waals surface area contributed by atoms with Gasteiger partial charge in [-0.25, -0.2) is 0 Å². The van der Waals surface area contributed by atoms with Crippen molar-refractivity contribution in [2.75, 3.05) is 18.4 Å². The molecule has 3 heteroatoms. The zero-order chi connectivity index (χ0) is 14.8. The summed E-state index contributed by atoms with van der Waals surface area (Å²) in [7, 11) is 0. The fourth-order valence-corrected chi connectivity index (χ4v) is 2.16. The summed E-state index contributed by atoms with van der Waals surface area (Å²) in [5.74, 6) is 0.622. The quantitative estimate of drug-likeness (QED) is 0.671. The lowest BCUT2D eigenvalue weighted by atomic mass is 10.0. The first-order chi connectivity index (χ1) is 9.65. The third-order valence-corrected chi connectivity index (χ3v) is 3.35. The molecule has 0 atom stereocenters. The van der Waals surface area contributed by atoms with Gasteiger partial charge in [-0.05, 0) is 24.0 Å². The summed E-state index contributed by atoms with van der Waals surface area (Å²) in [5, 5.41) is 6.33. The summed E-state index contributed by atoms with van der Waals surface area (Å²) < 4.78 is 0. The van der Waals surface area contributed by atoms with Crippen molar-refractivity contribution in [3.8, 4) is 0 Å². The predicted molar refractivity (Wildman–Crippen MR) is 86.2 cm³/mol. The highest BCUT2D eigenvalue weighted by molar-refractivity contribution is 5.76. The van der Waals surface area contributed by atoms with Gasteiger partial charge in [-0.2, -0.15) is 0 Å². The number of carbonyl (C=O) groups excluding carboxylic acids is 1. The van der Waals surface area contributed by atoms with E-state index in [1.54, 1.807) is 0 Å². The van der Waals surface area contributed by atoms with Gasteiger partial charge in [-0.15, -0.1) is 0 Å². The molecular formula is C17H28N2O. The molecule has 0 saturated carbocycles. The lowest BCUT2D eigenvalue weighted by Gasteiger charge is -2.14. The molecule has 0 unspecified atom stereocenters. The molecule has 0 radical (unpaired) electrons. The van der Waals surface area contributed by atoms with Crippen LogP contribution in [0.5, 0.6) is 0 Å². The number of para-hydroxylation sites is 1. The number of nitrogens with one attached hydrogen (secondary N) is 2. The SMILES string of the molecule is CCCCCNC(=O)CCNc1ccccc1C(C)C. The van der Waals surface area contributed by atoms with Gasteiger partial charge in [0.1, 0.15) is 0 Å². The third kappa shape index (κ3) is 6.09. The fourth-order valence-electron chi connectivity index (χ4n) is 2.16. The fraction of sp³-hybridized carbons (Fsp3) is 0.588. The van der Waals surface area contributed by atoms with E-state index < -0.39 is 0 Å². The molecule has 1 aromatic carbocycles. The van der Waals surface area contributed by atoms with E-state index in [0.29, 0.717) is 18.9 Å². The summed E-state index contributed by atoms with van der Waals surface area (Å²) in [4.78, 5) is 11.7. The van der Waals surface area contributed by atoms with Crippen molar-refractivity contribution in [1.82, 2.24) is 5.32 Å². The normalized spacial score (nSPS) is 10.6. The van der Waals surface area contributed by atoms with E-state index in [0.717, 1.165) is 18.7 Å². The van der Waals surface area contributed by atoms with Gasteiger partial charge in [0.25, 0.3) is 0 Å². The molecule has 1 rings (SSSR count). The number of benzene rings is 1. The predicted octanol–water partition coefficient (Wildman–Crippen LogP) is 3.92. The molecule has 1 amide bonds. The van der Waals surface area contributed by atoms with Crippen molar-refractivity contribution in [1.29, 1.82) is 0 Å². The molecule has 0 fully saturated rings. The van der Waals surface area contributed by atoms with E-state index in [9.17, 15) is 4.79 Å². The Morgan fingerprint density at radius 3 is 2.60 bits per heavy atom. The van der Waals surface area contributed by atoms with Gasteiger partial charge < -0.3 is 10.6 Å². The van der Waals surface area contributed by atoms with E-state index in [1.807, 2.05) is 6.07 Å². The molecule has 0 aliphatic rings. The first kappa shape index (κ1) is 16.5. The summed E-state index contributed by atoms with van der Waals surface area (Å²) in [6.45, 7) is 8.01. The monoisotopic (exact) mass is 276 g/mol. The maximum absolute atomic E-state index is 11.7. The van der Waals surface area contributed by atoms with Gasteiger partial charge in [0.2, 0.25) is 5.91 Å². The summed E-state index contributed by atoms with van der Waals surface area (Å²) in [6.07, 6.45) is 3.97. The molecule has 0 bridgehead atoms. The molecule has 20 heavy (non-hydrogen) atoms. The summed E-state index contributed by atoms with van der Waals surface area (Å²) >= 11 is 0. The molecule has 0 aliphatic carbocycles. The molecule has 0 aromatic heterocycles. The van der Waals surface area contributed by atoms with Gasteiger partial charge in [0.05, 0.1) is 0 Å². The van der Waals surface area contributed by atoms with E-state index in [-0.39, 0.29) is 5.91 Å². The third-order valence-electron chi connectivity index (χ3n) is 3.35. The zero-order valence-electron chi connectivity index (χ0n) is 13.0. The Kier molecular flexibility index (Phi) is 7.78. The zero-order valence-corrected chi connectivity index (χ0v) is 13.0. The molecule has 1 aromatic rings. The molecule has 0 heterocycles. The highest BCUT2D eigenvalue weighted by Crippen LogP contribution is 2.23. The smallest absolute Gasteiger partial charge is 0.221 e. The van der Waals surface area contributed by atoms with Crippen molar-refractivity contribution in [2.24, 2.45) is 0 Å². The number of carbonyl (C=O) groups is 1. The van der Waals surface area contributed by atoms with Crippen molar-refractivity contribution in [3.05, 3.63) is 29.8 Å². The second-order valence-electron chi connectivity index (χ2n) is 5.48. The van der Waals surface area contributed by atoms with Crippen LogP contribution in [0.1, 0.15) is 57.9 Å². The van der Waals surface area contributed by atoms with Crippen LogP contribution in [0.15, 0.2) is 24.3 Å². The largest absolute Gasteiger partial charge is 0.384 e. The maximum atomic E-state index is 11.7. The molecule has 2 N–H and O–H groups in total. The van der Waals surface area contributed by atoms with E-state index in [2.05, 4.69) is 49.6 Å². The first-order valence-electron chi connectivity index (χ1n) is 7.74. The average molecular weight is 276 g/mol. The minimum atomic E-state index is 0.135. The van der Waals surface area contributed by atoms with E-state index in [1.165, 1.54) is 18.4 Å². The van der Waals surface area contributed by atoms with Crippen LogP contribution in [-0.4, -0.2) is 19.0 Å². The Labute approximate surface area is 123 Å². The van der Waals surface area contributed by atoms with E-state index >= 15 is 0 Å². The second kappa shape index (κ2) is 9.40. The number of hydrogen-bond acceptors (Lipinski definition) is 2. The van der Waals surface area contributed by atoms with Crippen LogP contribution in [0.25, 0.3) is 0 Å². The van der Waals surface area contributed by atoms with Crippen molar-refractivity contribution in [3.63, 3.8) is 0 Å². The number of anilines is 1. The molecular weight excluding hydrogens is 248 g/mol. The maximum Gasteiger partial charge on any atom is 0.221 e. The van der Waals surface area contributed by atoms with Crippen LogP contribution in [0, 0.1) is 0 Å². The Morgan fingerprint density at radius 2 is 1.90 bits per heavy atom.